The Bertz CT molecular complexity index is 457. The van der Waals surface area contributed by atoms with Gasteiger partial charge in [0.25, 0.3) is 0 Å². The highest BCUT2D eigenvalue weighted by Gasteiger charge is 2.33. The van der Waals surface area contributed by atoms with Gasteiger partial charge in [0, 0.05) is 6.54 Å². The Morgan fingerprint density at radius 3 is 2.33 bits per heavy atom. The molecule has 0 aromatic rings. The van der Waals surface area contributed by atoms with Gasteiger partial charge in [-0.15, -0.1) is 0 Å². The number of carbonyl (C=O) groups is 2. The number of carboxylic acids is 1. The Kier molecular flexibility index (Phi) is 4.85. The highest BCUT2D eigenvalue weighted by Crippen LogP contribution is 2.25. The molecule has 0 saturated heterocycles. The van der Waals surface area contributed by atoms with Crippen molar-refractivity contribution in [2.45, 2.75) is 12.8 Å². The summed E-state index contributed by atoms with van der Waals surface area (Å²) in [6.45, 7) is -0.107. The molecule has 1 amide bonds. The average Bonchev–Trinajstić information content (AvgIpc) is 2.27. The molecule has 1 aliphatic carbocycles. The Hall–Kier alpha value is -1.41. The summed E-state index contributed by atoms with van der Waals surface area (Å²) >= 11 is 0. The van der Waals surface area contributed by atoms with Crippen molar-refractivity contribution in [3.63, 3.8) is 0 Å². The summed E-state index contributed by atoms with van der Waals surface area (Å²) < 4.78 is 21.4. The van der Waals surface area contributed by atoms with Gasteiger partial charge in [0.2, 0.25) is 15.9 Å². The molecule has 102 valence electrons. The fourth-order valence-electron chi connectivity index (χ4n) is 1.82. The molecule has 8 heteroatoms. The van der Waals surface area contributed by atoms with E-state index in [9.17, 15) is 18.0 Å². The Labute approximate surface area is 105 Å². The van der Waals surface area contributed by atoms with E-state index < -0.39 is 33.7 Å². The predicted octanol–water partition coefficient (Wildman–Crippen LogP) is -0.942. The Morgan fingerprint density at radius 2 is 1.83 bits per heavy atom. The van der Waals surface area contributed by atoms with Crippen LogP contribution >= 0.6 is 0 Å². The minimum atomic E-state index is -3.63. The van der Waals surface area contributed by atoms with Gasteiger partial charge in [-0.2, -0.15) is 0 Å². The number of nitrogens with one attached hydrogen (secondary N) is 1. The van der Waals surface area contributed by atoms with Gasteiger partial charge in [-0.05, 0) is 12.8 Å². The molecule has 1 rings (SSSR count). The quantitative estimate of drug-likeness (QED) is 0.558. The van der Waals surface area contributed by atoms with Crippen LogP contribution in [0.4, 0.5) is 0 Å². The molecule has 0 aliphatic heterocycles. The predicted molar refractivity (Wildman–Crippen MR) is 64.0 cm³/mol. The number of amides is 1. The van der Waals surface area contributed by atoms with Gasteiger partial charge >= 0.3 is 5.97 Å². The van der Waals surface area contributed by atoms with E-state index >= 15 is 0 Å². The SMILES string of the molecule is NS(=O)(=O)CCNC(=O)C1CC=CCC1C(=O)O. The molecule has 0 saturated carbocycles. The van der Waals surface area contributed by atoms with Gasteiger partial charge in [0.15, 0.2) is 0 Å². The number of carbonyl (C=O) groups excluding carboxylic acids is 1. The zero-order valence-electron chi connectivity index (χ0n) is 9.70. The molecule has 2 atom stereocenters. The second-order valence-electron chi connectivity index (χ2n) is 4.15. The first-order valence-electron chi connectivity index (χ1n) is 5.47. The van der Waals surface area contributed by atoms with Gasteiger partial charge in [-0.1, -0.05) is 12.2 Å². The van der Waals surface area contributed by atoms with E-state index in [0.29, 0.717) is 12.8 Å². The van der Waals surface area contributed by atoms with Crippen molar-refractivity contribution in [2.24, 2.45) is 17.0 Å². The Balaban J connectivity index is 2.54. The summed E-state index contributed by atoms with van der Waals surface area (Å²) in [7, 11) is -3.63. The van der Waals surface area contributed by atoms with Crippen LogP contribution in [0.5, 0.6) is 0 Å². The van der Waals surface area contributed by atoms with Gasteiger partial charge in [0.1, 0.15) is 0 Å². The average molecular weight is 276 g/mol. The molecular formula is C10H16N2O5S. The number of allylic oxidation sites excluding steroid dienone is 2. The van der Waals surface area contributed by atoms with Crippen molar-refractivity contribution in [1.29, 1.82) is 0 Å². The summed E-state index contributed by atoms with van der Waals surface area (Å²) in [6, 6.07) is 0. The van der Waals surface area contributed by atoms with Crippen LogP contribution in [0.2, 0.25) is 0 Å². The lowest BCUT2D eigenvalue weighted by molar-refractivity contribution is -0.147. The first-order valence-corrected chi connectivity index (χ1v) is 7.19. The zero-order chi connectivity index (χ0) is 13.8. The van der Waals surface area contributed by atoms with Crippen LogP contribution in [0, 0.1) is 11.8 Å². The lowest BCUT2D eigenvalue weighted by Crippen LogP contribution is -2.40. The van der Waals surface area contributed by atoms with Crippen LogP contribution in [0.3, 0.4) is 0 Å². The first-order chi connectivity index (χ1) is 8.31. The number of hydrogen-bond donors (Lipinski definition) is 3. The number of hydrogen-bond acceptors (Lipinski definition) is 4. The summed E-state index contributed by atoms with van der Waals surface area (Å²) in [5.41, 5.74) is 0. The molecular weight excluding hydrogens is 260 g/mol. The number of primary sulfonamides is 1. The van der Waals surface area contributed by atoms with Crippen molar-refractivity contribution in [3.05, 3.63) is 12.2 Å². The van der Waals surface area contributed by atoms with E-state index in [1.165, 1.54) is 0 Å². The molecule has 0 aromatic carbocycles. The van der Waals surface area contributed by atoms with Crippen molar-refractivity contribution < 1.29 is 23.1 Å². The molecule has 0 heterocycles. The summed E-state index contributed by atoms with van der Waals surface area (Å²) in [4.78, 5) is 22.7. The van der Waals surface area contributed by atoms with E-state index in [2.05, 4.69) is 5.32 Å². The fraction of sp³-hybridized carbons (Fsp3) is 0.600. The van der Waals surface area contributed by atoms with Crippen molar-refractivity contribution in [2.75, 3.05) is 12.3 Å². The van der Waals surface area contributed by atoms with Gasteiger partial charge < -0.3 is 10.4 Å². The zero-order valence-corrected chi connectivity index (χ0v) is 10.5. The minimum absolute atomic E-state index is 0.107. The molecule has 0 bridgehead atoms. The first kappa shape index (κ1) is 14.7. The lowest BCUT2D eigenvalue weighted by atomic mass is 9.82. The molecule has 18 heavy (non-hydrogen) atoms. The maximum absolute atomic E-state index is 11.8. The third kappa shape index (κ3) is 4.46. The molecule has 0 radical (unpaired) electrons. The van der Waals surface area contributed by atoms with Crippen molar-refractivity contribution in [3.8, 4) is 0 Å². The summed E-state index contributed by atoms with van der Waals surface area (Å²) in [5, 5.41) is 16.2. The van der Waals surface area contributed by atoms with Crippen LogP contribution in [0.25, 0.3) is 0 Å². The monoisotopic (exact) mass is 276 g/mol. The molecule has 0 aromatic heterocycles. The number of carboxylic acid groups (broad SMARTS) is 1. The highest BCUT2D eigenvalue weighted by atomic mass is 32.2. The largest absolute Gasteiger partial charge is 0.481 e. The van der Waals surface area contributed by atoms with E-state index in [4.69, 9.17) is 10.2 Å². The molecule has 0 fully saturated rings. The number of nitrogens with two attached hydrogens (primary N) is 1. The topological polar surface area (TPSA) is 127 Å². The van der Waals surface area contributed by atoms with Crippen LogP contribution in [0.15, 0.2) is 12.2 Å². The maximum atomic E-state index is 11.8. The lowest BCUT2D eigenvalue weighted by Gasteiger charge is -2.24. The van der Waals surface area contributed by atoms with Crippen LogP contribution < -0.4 is 10.5 Å². The number of sulfonamides is 1. The summed E-state index contributed by atoms with van der Waals surface area (Å²) in [6.07, 6.45) is 4.14. The van der Waals surface area contributed by atoms with Gasteiger partial charge in [-0.25, -0.2) is 13.6 Å². The van der Waals surface area contributed by atoms with Crippen LogP contribution in [0.1, 0.15) is 12.8 Å². The third-order valence-electron chi connectivity index (χ3n) is 2.77. The smallest absolute Gasteiger partial charge is 0.307 e. The maximum Gasteiger partial charge on any atom is 0.307 e. The van der Waals surface area contributed by atoms with E-state index in [1.807, 2.05) is 0 Å². The van der Waals surface area contributed by atoms with Crippen LogP contribution in [-0.2, 0) is 19.6 Å². The second-order valence-corrected chi connectivity index (χ2v) is 5.89. The molecule has 0 spiro atoms. The van der Waals surface area contributed by atoms with Crippen LogP contribution in [-0.4, -0.2) is 37.7 Å². The summed E-state index contributed by atoms with van der Waals surface area (Å²) in [5.74, 6) is -3.25. The second kappa shape index (κ2) is 5.96. The highest BCUT2D eigenvalue weighted by molar-refractivity contribution is 7.89. The van der Waals surface area contributed by atoms with E-state index in [0.717, 1.165) is 0 Å². The molecule has 2 unspecified atom stereocenters. The molecule has 4 N–H and O–H groups in total. The molecule has 7 nitrogen and oxygen atoms in total. The van der Waals surface area contributed by atoms with Gasteiger partial charge in [-0.3, -0.25) is 9.59 Å². The Morgan fingerprint density at radius 1 is 1.28 bits per heavy atom. The minimum Gasteiger partial charge on any atom is -0.481 e. The number of rotatable bonds is 5. The number of aliphatic carboxylic acids is 1. The van der Waals surface area contributed by atoms with Crippen molar-refractivity contribution >= 4 is 21.9 Å². The third-order valence-corrected chi connectivity index (χ3v) is 3.55. The van der Waals surface area contributed by atoms with Crippen molar-refractivity contribution in [1.82, 2.24) is 5.32 Å². The van der Waals surface area contributed by atoms with E-state index in [1.54, 1.807) is 12.2 Å². The normalized spacial score (nSPS) is 23.6. The fourth-order valence-corrected chi connectivity index (χ4v) is 2.21. The standard InChI is InChI=1S/C10H16N2O5S/c11-18(16,17)6-5-12-9(13)7-3-1-2-4-8(7)10(14)15/h1-2,7-8H,3-6H2,(H,12,13)(H,14,15)(H2,11,16,17). The van der Waals surface area contributed by atoms with Gasteiger partial charge in [0.05, 0.1) is 17.6 Å². The van der Waals surface area contributed by atoms with E-state index in [-0.39, 0.29) is 12.3 Å². The molecule has 1 aliphatic rings.